The summed E-state index contributed by atoms with van der Waals surface area (Å²) >= 11 is 0. The third-order valence-corrected chi connectivity index (χ3v) is 6.23. The van der Waals surface area contributed by atoms with Crippen molar-refractivity contribution in [2.45, 2.75) is 92.9 Å². The molecule has 45 heavy (non-hydrogen) atoms. The molecule has 0 aromatic heterocycles. The second-order valence-corrected chi connectivity index (χ2v) is 10.4. The Morgan fingerprint density at radius 3 is 1.18 bits per heavy atom. The van der Waals surface area contributed by atoms with E-state index in [1.54, 1.807) is 12.4 Å². The normalized spacial score (nSPS) is 10.4. The summed E-state index contributed by atoms with van der Waals surface area (Å²) in [5, 5.41) is 39.2. The molecule has 0 aliphatic carbocycles. The molecule has 0 unspecified atom stereocenters. The van der Waals surface area contributed by atoms with Gasteiger partial charge in [-0.05, 0) is 98.2 Å². The number of carbonyl (C=O) groups is 2. The van der Waals surface area contributed by atoms with E-state index in [0.717, 1.165) is 98.8 Å². The van der Waals surface area contributed by atoms with Gasteiger partial charge in [0.2, 0.25) is 0 Å². The molecule has 0 bridgehead atoms. The van der Waals surface area contributed by atoms with Gasteiger partial charge >= 0.3 is 16.8 Å². The maximum absolute atomic E-state index is 10.7. The van der Waals surface area contributed by atoms with Crippen LogP contribution < -0.4 is 10.2 Å². The summed E-state index contributed by atoms with van der Waals surface area (Å²) in [6.07, 6.45) is 11.3. The van der Waals surface area contributed by atoms with Crippen LogP contribution in [-0.2, 0) is 52.1 Å². The molecule has 3 rings (SSSR count). The zero-order chi connectivity index (χ0) is 33.1. The third kappa shape index (κ3) is 16.1. The molecule has 0 heterocycles. The second kappa shape index (κ2) is 22.5. The fourth-order valence-corrected chi connectivity index (χ4v) is 4.47. The van der Waals surface area contributed by atoms with Crippen molar-refractivity contribution >= 4 is 35.7 Å². The van der Waals surface area contributed by atoms with Gasteiger partial charge in [0.15, 0.2) is 0 Å². The summed E-state index contributed by atoms with van der Waals surface area (Å²) in [6, 6.07) is 16.0. The molecule has 0 aliphatic heterocycles. The van der Waals surface area contributed by atoms with Gasteiger partial charge in [0.25, 0.3) is 0 Å². The van der Waals surface area contributed by atoms with Crippen LogP contribution in [0.3, 0.4) is 0 Å². The molecule has 8 nitrogen and oxygen atoms in total. The Hall–Kier alpha value is -3.95. The zero-order valence-electron chi connectivity index (χ0n) is 27.2. The first-order valence-corrected chi connectivity index (χ1v) is 15.2. The van der Waals surface area contributed by atoms with E-state index in [0.29, 0.717) is 11.5 Å². The molecule has 0 saturated heterocycles. The van der Waals surface area contributed by atoms with Gasteiger partial charge in [0.05, 0.1) is 11.4 Å². The zero-order valence-corrected chi connectivity index (χ0v) is 28.2. The van der Waals surface area contributed by atoms with E-state index in [1.807, 2.05) is 36.4 Å². The molecule has 245 valence electrons. The van der Waals surface area contributed by atoms with Crippen molar-refractivity contribution in [3.63, 3.8) is 0 Å². The van der Waals surface area contributed by atoms with Crippen LogP contribution in [0.4, 0.5) is 11.4 Å². The number of carboxylic acids is 2. The number of aliphatic imine (C=N–C) groups is 2. The van der Waals surface area contributed by atoms with E-state index < -0.39 is 11.9 Å². The standard InChI is InChI=1S/C32H40N2O2.2C2H4O2.Co/c1-5-9-23-17-25(11-7-3)31(35)27(19-23)21-33-29-13-15-30(16-14-29)34-22-28-20-24(10-6-2)18-26(12-8-4)32(28)36;2*1-2(3)4;/h13-22,35-36H,5-12H2,1-4H3;2*1H3,(H,3,4);/q;;;+2/p-2. The number of aromatic hydroxyl groups is 2. The number of aryl methyl sites for hydroxylation is 4. The number of rotatable bonds is 12. The van der Waals surface area contributed by atoms with Crippen molar-refractivity contribution in [1.82, 2.24) is 0 Å². The molecule has 0 aliphatic rings. The molecular weight excluding hydrogens is 615 g/mol. The van der Waals surface area contributed by atoms with E-state index in [9.17, 15) is 10.2 Å². The number of aliphatic carboxylic acids is 2. The van der Waals surface area contributed by atoms with Crippen molar-refractivity contribution in [2.24, 2.45) is 9.98 Å². The maximum Gasteiger partial charge on any atom is 2.00 e. The number of carbonyl (C=O) groups excluding carboxylic acids is 2. The van der Waals surface area contributed by atoms with Gasteiger partial charge in [-0.3, -0.25) is 9.98 Å². The van der Waals surface area contributed by atoms with E-state index in [-0.39, 0.29) is 16.8 Å². The van der Waals surface area contributed by atoms with E-state index in [2.05, 4.69) is 49.8 Å². The van der Waals surface area contributed by atoms with Crippen molar-refractivity contribution < 1.29 is 46.8 Å². The first kappa shape index (κ1) is 41.0. The van der Waals surface area contributed by atoms with Gasteiger partial charge in [-0.2, -0.15) is 0 Å². The van der Waals surface area contributed by atoms with Crippen molar-refractivity contribution in [3.8, 4) is 11.5 Å². The van der Waals surface area contributed by atoms with Crippen LogP contribution in [0.2, 0.25) is 0 Å². The number of nitrogens with zero attached hydrogens (tertiary/aromatic N) is 2. The van der Waals surface area contributed by atoms with Gasteiger partial charge in [0, 0.05) is 35.5 Å². The van der Waals surface area contributed by atoms with Crippen LogP contribution in [0.25, 0.3) is 0 Å². The van der Waals surface area contributed by atoms with Crippen molar-refractivity contribution in [3.05, 3.63) is 81.9 Å². The first-order chi connectivity index (χ1) is 20.9. The molecule has 1 radical (unpaired) electrons. The smallest absolute Gasteiger partial charge is 0.550 e. The largest absolute Gasteiger partial charge is 2.00 e. The van der Waals surface area contributed by atoms with Crippen molar-refractivity contribution in [2.75, 3.05) is 0 Å². The predicted octanol–water partition coefficient (Wildman–Crippen LogP) is 5.92. The average molecular weight is 662 g/mol. The molecule has 0 fully saturated rings. The Morgan fingerprint density at radius 2 is 0.911 bits per heavy atom. The van der Waals surface area contributed by atoms with E-state index in [1.165, 1.54) is 11.1 Å². The summed E-state index contributed by atoms with van der Waals surface area (Å²) in [7, 11) is 0. The van der Waals surface area contributed by atoms with Gasteiger partial charge in [-0.1, -0.05) is 65.5 Å². The van der Waals surface area contributed by atoms with Crippen LogP contribution >= 0.6 is 0 Å². The number of phenols is 2. The van der Waals surface area contributed by atoms with Crippen LogP contribution in [0.1, 0.15) is 101 Å². The maximum atomic E-state index is 10.7. The molecule has 3 aromatic rings. The predicted molar refractivity (Wildman–Crippen MR) is 175 cm³/mol. The number of hydrogen-bond donors (Lipinski definition) is 2. The Bertz CT molecular complexity index is 1290. The summed E-state index contributed by atoms with van der Waals surface area (Å²) in [5.74, 6) is -1.51. The minimum absolute atomic E-state index is 0. The van der Waals surface area contributed by atoms with Crippen LogP contribution in [0, 0.1) is 0 Å². The topological polar surface area (TPSA) is 145 Å². The second-order valence-electron chi connectivity index (χ2n) is 10.4. The van der Waals surface area contributed by atoms with Crippen molar-refractivity contribution in [1.29, 1.82) is 0 Å². The van der Waals surface area contributed by atoms with Crippen LogP contribution in [-0.4, -0.2) is 34.6 Å². The number of hydrogen-bond acceptors (Lipinski definition) is 8. The fourth-order valence-electron chi connectivity index (χ4n) is 4.47. The van der Waals surface area contributed by atoms with Crippen LogP contribution in [0.5, 0.6) is 11.5 Å². The molecule has 2 N–H and O–H groups in total. The summed E-state index contributed by atoms with van der Waals surface area (Å²) in [6.45, 7) is 10.5. The minimum atomic E-state index is -1.08. The Labute approximate surface area is 278 Å². The van der Waals surface area contributed by atoms with E-state index >= 15 is 0 Å². The van der Waals surface area contributed by atoms with Gasteiger partial charge in [-0.15, -0.1) is 0 Å². The third-order valence-electron chi connectivity index (χ3n) is 6.23. The first-order valence-electron chi connectivity index (χ1n) is 15.2. The van der Waals surface area contributed by atoms with Gasteiger partial charge in [0.1, 0.15) is 11.5 Å². The number of carboxylic acid groups (broad SMARTS) is 2. The monoisotopic (exact) mass is 661 g/mol. The minimum Gasteiger partial charge on any atom is -0.550 e. The molecule has 0 spiro atoms. The molecule has 3 aromatic carbocycles. The summed E-state index contributed by atoms with van der Waals surface area (Å²) < 4.78 is 0. The molecule has 9 heteroatoms. The fraction of sp³-hybridized carbons (Fsp3) is 0.389. The average Bonchev–Trinajstić information content (AvgIpc) is 2.95. The molecular formula is C36H46CoN2O6. The summed E-state index contributed by atoms with van der Waals surface area (Å²) in [5.41, 5.74) is 7.56. The Balaban J connectivity index is 0.00000192. The van der Waals surface area contributed by atoms with Gasteiger partial charge in [-0.25, -0.2) is 0 Å². The molecule has 0 amide bonds. The number of phenolic OH excluding ortho intramolecular Hbond substituents is 2. The van der Waals surface area contributed by atoms with Gasteiger partial charge < -0.3 is 30.0 Å². The quantitative estimate of drug-likeness (QED) is 0.231. The Morgan fingerprint density at radius 1 is 0.622 bits per heavy atom. The number of benzene rings is 3. The molecule has 0 atom stereocenters. The SMILES string of the molecule is CC(=O)[O-].CC(=O)[O-].CCCc1cc(C=Nc2ccc(N=Cc3cc(CCC)cc(CCC)c3O)cc2)c(O)c(CCC)c1.[Co+2]. The summed E-state index contributed by atoms with van der Waals surface area (Å²) in [4.78, 5) is 27.0. The molecule has 0 saturated carbocycles. The van der Waals surface area contributed by atoms with Crippen LogP contribution in [0.15, 0.2) is 58.5 Å². The Kier molecular flexibility index (Phi) is 20.6. The van der Waals surface area contributed by atoms with E-state index in [4.69, 9.17) is 19.8 Å².